The van der Waals surface area contributed by atoms with E-state index < -0.39 is 0 Å². The van der Waals surface area contributed by atoms with E-state index in [0.29, 0.717) is 0 Å². The molecule has 2 aliphatic heterocycles. The summed E-state index contributed by atoms with van der Waals surface area (Å²) in [5, 5.41) is 9.54. The number of fused-ring (bicyclic) bond motifs is 18. The molecule has 60 heavy (non-hydrogen) atoms. The molecule has 0 saturated heterocycles. The second kappa shape index (κ2) is 10.6. The number of nitrogens with zero attached hydrogens (tertiary/aromatic N) is 2. The van der Waals surface area contributed by atoms with Gasteiger partial charge in [-0.2, -0.15) is 0 Å². The van der Waals surface area contributed by atoms with Crippen molar-refractivity contribution in [1.29, 1.82) is 0 Å². The molecule has 5 heterocycles. The lowest BCUT2D eigenvalue weighted by molar-refractivity contribution is 0.662. The summed E-state index contributed by atoms with van der Waals surface area (Å²) >= 11 is 0. The summed E-state index contributed by atoms with van der Waals surface area (Å²) in [7, 11) is 0. The van der Waals surface area contributed by atoms with Gasteiger partial charge in [0.2, 0.25) is 0 Å². The second-order valence-corrected chi connectivity index (χ2v) is 17.6. The van der Waals surface area contributed by atoms with Crippen LogP contribution in [0.2, 0.25) is 0 Å². The van der Waals surface area contributed by atoms with E-state index in [2.05, 4.69) is 181 Å². The van der Waals surface area contributed by atoms with Crippen molar-refractivity contribution in [2.75, 3.05) is 4.90 Å². The number of benzene rings is 9. The van der Waals surface area contributed by atoms with E-state index in [1.165, 1.54) is 82.6 Å². The third-order valence-corrected chi connectivity index (χ3v) is 14.3. The van der Waals surface area contributed by atoms with E-state index in [9.17, 15) is 0 Å². The lowest BCUT2D eigenvalue weighted by atomic mass is 9.44. The van der Waals surface area contributed by atoms with Crippen LogP contribution in [0.3, 0.4) is 0 Å². The van der Waals surface area contributed by atoms with Crippen molar-refractivity contribution in [2.45, 2.75) is 19.3 Å². The molecule has 0 radical (unpaired) electrons. The largest absolute Gasteiger partial charge is 0.456 e. The Balaban J connectivity index is 1.16. The molecule has 15 rings (SSSR count). The zero-order chi connectivity index (χ0) is 39.2. The van der Waals surface area contributed by atoms with E-state index in [0.717, 1.165) is 55.3 Å². The number of anilines is 3. The Labute approximate surface area is 344 Å². The Kier molecular flexibility index (Phi) is 5.55. The molecule has 0 fully saturated rings. The molecule has 5 heteroatoms. The molecule has 3 aromatic heterocycles. The highest BCUT2D eigenvalue weighted by atomic mass is 16.3. The van der Waals surface area contributed by atoms with Crippen LogP contribution in [0.5, 0.6) is 0 Å². The molecular formula is C55H33BN2O2. The van der Waals surface area contributed by atoms with Gasteiger partial charge in [0.15, 0.2) is 0 Å². The van der Waals surface area contributed by atoms with Crippen molar-refractivity contribution in [3.63, 3.8) is 0 Å². The first-order chi connectivity index (χ1) is 29.5. The van der Waals surface area contributed by atoms with E-state index in [-0.39, 0.29) is 12.3 Å². The molecule has 0 atom stereocenters. The standard InChI is InChI=1S/C55H33BN2O2/c1-55(2)42-19-8-5-14-33(42)41-28-46-53-51(52(41)55)37-18-11-17-36-38-24-30-12-3-4-13-31(30)25-44(38)58(54(36)37)56(53)43-29-50-40(35-16-7-10-21-48(35)60-50)27-45(43)57(46)32-22-23-49-39(26-32)34-15-6-9-20-47(34)59-49/h3-29H,1-2H3. The van der Waals surface area contributed by atoms with Crippen LogP contribution in [0.25, 0.3) is 98.7 Å². The minimum absolute atomic E-state index is 0.127. The fourth-order valence-electron chi connectivity index (χ4n) is 11.8. The van der Waals surface area contributed by atoms with E-state index >= 15 is 0 Å². The molecule has 0 amide bonds. The highest BCUT2D eigenvalue weighted by molar-refractivity contribution is 6.90. The number of hydrogen-bond donors (Lipinski definition) is 0. The molecule has 0 saturated carbocycles. The number of rotatable bonds is 1. The molecule has 0 spiro atoms. The third kappa shape index (κ3) is 3.68. The first-order valence-corrected chi connectivity index (χ1v) is 20.9. The monoisotopic (exact) mass is 764 g/mol. The van der Waals surface area contributed by atoms with Crippen LogP contribution in [0.4, 0.5) is 17.1 Å². The Hall–Kier alpha value is -7.50. The summed E-state index contributed by atoms with van der Waals surface area (Å²) in [6, 6.07) is 60.6. The van der Waals surface area contributed by atoms with Gasteiger partial charge in [0, 0.05) is 71.4 Å². The Morgan fingerprint density at radius 2 is 1.15 bits per heavy atom. The lowest BCUT2D eigenvalue weighted by Gasteiger charge is -2.42. The number of hydrogen-bond acceptors (Lipinski definition) is 3. The van der Waals surface area contributed by atoms with Crippen LogP contribution in [0.1, 0.15) is 25.0 Å². The summed E-state index contributed by atoms with van der Waals surface area (Å²) in [5.41, 5.74) is 20.0. The van der Waals surface area contributed by atoms with Gasteiger partial charge >= 0.3 is 6.85 Å². The van der Waals surface area contributed by atoms with Crippen molar-refractivity contribution in [3.05, 3.63) is 175 Å². The van der Waals surface area contributed by atoms with Crippen LogP contribution >= 0.6 is 0 Å². The van der Waals surface area contributed by atoms with Crippen LogP contribution in [-0.2, 0) is 5.41 Å². The van der Waals surface area contributed by atoms with Gasteiger partial charge in [-0.3, -0.25) is 0 Å². The van der Waals surface area contributed by atoms with Gasteiger partial charge in [0.1, 0.15) is 22.3 Å². The molecular weight excluding hydrogens is 731 g/mol. The van der Waals surface area contributed by atoms with E-state index in [1.807, 2.05) is 6.07 Å². The van der Waals surface area contributed by atoms with Crippen molar-refractivity contribution in [2.24, 2.45) is 0 Å². The van der Waals surface area contributed by atoms with Gasteiger partial charge in [-0.1, -0.05) is 117 Å². The molecule has 278 valence electrons. The van der Waals surface area contributed by atoms with E-state index in [1.54, 1.807) is 0 Å². The normalized spacial score (nSPS) is 14.6. The summed E-state index contributed by atoms with van der Waals surface area (Å²) in [6.45, 7) is 4.73. The Morgan fingerprint density at radius 1 is 0.483 bits per heavy atom. The van der Waals surface area contributed by atoms with Gasteiger partial charge in [0.05, 0.1) is 0 Å². The molecule has 0 bridgehead atoms. The lowest BCUT2D eigenvalue weighted by Crippen LogP contribution is -2.57. The van der Waals surface area contributed by atoms with Crippen molar-refractivity contribution in [1.82, 2.24) is 4.48 Å². The van der Waals surface area contributed by atoms with Crippen molar-refractivity contribution >= 4 is 111 Å². The smallest absolute Gasteiger partial charge is 0.333 e. The Bertz CT molecular complexity index is 3960. The molecule has 12 aromatic rings. The predicted molar refractivity (Wildman–Crippen MR) is 250 cm³/mol. The van der Waals surface area contributed by atoms with Gasteiger partial charge in [-0.05, 0) is 110 Å². The molecule has 0 unspecified atom stereocenters. The molecule has 9 aromatic carbocycles. The molecule has 0 N–H and O–H groups in total. The summed E-state index contributed by atoms with van der Waals surface area (Å²) in [4.78, 5) is 2.55. The quantitative estimate of drug-likeness (QED) is 0.156. The maximum Gasteiger partial charge on any atom is 0.333 e. The fourth-order valence-corrected chi connectivity index (χ4v) is 11.8. The zero-order valence-electron chi connectivity index (χ0n) is 32.9. The fraction of sp³-hybridized carbons (Fsp3) is 0.0545. The topological polar surface area (TPSA) is 34.5 Å². The number of furan rings is 2. The van der Waals surface area contributed by atoms with Crippen LogP contribution in [0, 0.1) is 0 Å². The minimum atomic E-state index is -0.228. The number of aromatic nitrogens is 1. The van der Waals surface area contributed by atoms with Gasteiger partial charge in [-0.15, -0.1) is 0 Å². The minimum Gasteiger partial charge on any atom is -0.456 e. The predicted octanol–water partition coefficient (Wildman–Crippen LogP) is 13.5. The molecule has 4 nitrogen and oxygen atoms in total. The maximum atomic E-state index is 6.76. The molecule has 3 aliphatic rings. The van der Waals surface area contributed by atoms with Crippen LogP contribution < -0.4 is 15.8 Å². The average Bonchev–Trinajstić information content (AvgIpc) is 4.00. The Morgan fingerprint density at radius 3 is 1.98 bits per heavy atom. The first-order valence-electron chi connectivity index (χ1n) is 20.9. The van der Waals surface area contributed by atoms with Crippen molar-refractivity contribution < 1.29 is 8.83 Å². The highest BCUT2D eigenvalue weighted by Crippen LogP contribution is 2.57. The summed E-state index contributed by atoms with van der Waals surface area (Å²) in [5.74, 6) is 0. The summed E-state index contributed by atoms with van der Waals surface area (Å²) < 4.78 is 15.9. The zero-order valence-corrected chi connectivity index (χ0v) is 32.9. The number of para-hydroxylation sites is 3. The average molecular weight is 765 g/mol. The SMILES string of the molecule is CC1(C)c2ccccc2-c2cc3c4c(c21)-c1cccc2c5cc6ccccc6cc5n(c12)B4c1cc2oc4ccccc4c2cc1N3c1ccc2oc3ccccc3c2c1. The molecule has 1 aliphatic carbocycles. The van der Waals surface area contributed by atoms with E-state index in [4.69, 9.17) is 8.83 Å². The van der Waals surface area contributed by atoms with Crippen LogP contribution in [-0.4, -0.2) is 11.3 Å². The van der Waals surface area contributed by atoms with Gasteiger partial charge < -0.3 is 18.2 Å². The van der Waals surface area contributed by atoms with Gasteiger partial charge in [-0.25, -0.2) is 0 Å². The third-order valence-electron chi connectivity index (χ3n) is 14.3. The first kappa shape index (κ1) is 31.5. The van der Waals surface area contributed by atoms with Crippen LogP contribution in [0.15, 0.2) is 173 Å². The van der Waals surface area contributed by atoms with Gasteiger partial charge in [0.25, 0.3) is 0 Å². The van der Waals surface area contributed by atoms with Crippen molar-refractivity contribution in [3.8, 4) is 22.3 Å². The second-order valence-electron chi connectivity index (χ2n) is 17.6. The maximum absolute atomic E-state index is 6.76. The highest BCUT2D eigenvalue weighted by Gasteiger charge is 2.48. The summed E-state index contributed by atoms with van der Waals surface area (Å²) in [6.07, 6.45) is 0.